The largest absolute Gasteiger partial charge is 0.471 e. The van der Waals surface area contributed by atoms with Gasteiger partial charge in [0.15, 0.2) is 17.6 Å². The maximum absolute atomic E-state index is 12.5. The lowest BCUT2D eigenvalue weighted by Gasteiger charge is -2.08. The smallest absolute Gasteiger partial charge is 0.387 e. The molecule has 10 heteroatoms. The van der Waals surface area contributed by atoms with Crippen LogP contribution in [-0.2, 0) is 6.73 Å². The van der Waals surface area contributed by atoms with Gasteiger partial charge in [0.05, 0.1) is 5.69 Å². The summed E-state index contributed by atoms with van der Waals surface area (Å²) in [4.78, 5) is 16.9. The molecule has 0 aliphatic rings. The molecule has 0 spiro atoms. The molecule has 0 aliphatic carbocycles. The van der Waals surface area contributed by atoms with Gasteiger partial charge in [0.2, 0.25) is 0 Å². The van der Waals surface area contributed by atoms with E-state index in [1.165, 1.54) is 28.2 Å². The number of nitrogens with zero attached hydrogens (tertiary/aromatic N) is 3. The molecule has 0 bridgehead atoms. The van der Waals surface area contributed by atoms with Gasteiger partial charge in [-0.1, -0.05) is 18.2 Å². The van der Waals surface area contributed by atoms with E-state index in [0.29, 0.717) is 16.4 Å². The van der Waals surface area contributed by atoms with Crippen molar-refractivity contribution in [1.82, 2.24) is 14.8 Å². The third-order valence-electron chi connectivity index (χ3n) is 4.42. The summed E-state index contributed by atoms with van der Waals surface area (Å²) in [6.45, 7) is -0.755. The van der Waals surface area contributed by atoms with Crippen LogP contribution in [0.1, 0.15) is 16.1 Å². The van der Waals surface area contributed by atoms with Crippen molar-refractivity contribution in [2.24, 2.45) is 0 Å². The van der Waals surface area contributed by atoms with Gasteiger partial charge in [-0.25, -0.2) is 9.67 Å². The minimum atomic E-state index is -2.88. The fourth-order valence-electron chi connectivity index (χ4n) is 2.84. The summed E-state index contributed by atoms with van der Waals surface area (Å²) >= 11 is 1.24. The Hall–Kier alpha value is -3.79. The molecule has 32 heavy (non-hydrogen) atoms. The molecule has 7 nitrogen and oxygen atoms in total. The molecular weight excluding hydrogens is 438 g/mol. The van der Waals surface area contributed by atoms with Crippen molar-refractivity contribution in [2.45, 2.75) is 20.3 Å². The van der Waals surface area contributed by atoms with Crippen LogP contribution in [0.3, 0.4) is 0 Å². The average molecular weight is 456 g/mol. The molecule has 0 saturated heterocycles. The van der Waals surface area contributed by atoms with Crippen molar-refractivity contribution in [3.8, 4) is 22.8 Å². The summed E-state index contributed by atoms with van der Waals surface area (Å²) in [5, 5.41) is 9.09. The number of hydrogen-bond donors (Lipinski definition) is 1. The zero-order valence-electron chi connectivity index (χ0n) is 16.9. The van der Waals surface area contributed by atoms with E-state index in [1.807, 2.05) is 31.2 Å². The fourth-order valence-corrected chi connectivity index (χ4v) is 3.56. The maximum Gasteiger partial charge on any atom is 0.387 e. The average Bonchev–Trinajstić information content (AvgIpc) is 3.43. The lowest BCUT2D eigenvalue weighted by molar-refractivity contribution is -0.0498. The molecule has 4 rings (SSSR count). The molecule has 4 aromatic rings. The van der Waals surface area contributed by atoms with E-state index in [1.54, 1.807) is 29.8 Å². The van der Waals surface area contributed by atoms with Crippen molar-refractivity contribution >= 4 is 22.4 Å². The van der Waals surface area contributed by atoms with Crippen LogP contribution in [0.5, 0.6) is 11.5 Å². The molecule has 0 unspecified atom stereocenters. The van der Waals surface area contributed by atoms with Crippen LogP contribution in [0, 0.1) is 6.92 Å². The number of aromatic nitrogens is 3. The van der Waals surface area contributed by atoms with Crippen LogP contribution in [0.25, 0.3) is 11.3 Å². The molecular formula is C22H18F2N4O3S. The summed E-state index contributed by atoms with van der Waals surface area (Å²) in [7, 11) is 0. The van der Waals surface area contributed by atoms with Crippen molar-refractivity contribution < 1.29 is 23.0 Å². The molecule has 0 radical (unpaired) electrons. The molecule has 1 amide bonds. The molecule has 0 fully saturated rings. The zero-order chi connectivity index (χ0) is 22.5. The van der Waals surface area contributed by atoms with Gasteiger partial charge >= 0.3 is 6.61 Å². The van der Waals surface area contributed by atoms with Gasteiger partial charge in [-0.2, -0.15) is 13.9 Å². The number of nitrogens with one attached hydrogen (secondary N) is 1. The first kappa shape index (κ1) is 21.4. The van der Waals surface area contributed by atoms with Crippen LogP contribution in [0.15, 0.2) is 66.2 Å². The predicted molar refractivity (Wildman–Crippen MR) is 116 cm³/mol. The molecule has 2 heterocycles. The molecule has 1 N–H and O–H groups in total. The van der Waals surface area contributed by atoms with Crippen LogP contribution in [0.2, 0.25) is 0 Å². The van der Waals surface area contributed by atoms with Gasteiger partial charge in [0.1, 0.15) is 11.5 Å². The summed E-state index contributed by atoms with van der Waals surface area (Å²) in [6, 6.07) is 15.3. The Labute approximate surface area is 186 Å². The van der Waals surface area contributed by atoms with Crippen LogP contribution >= 0.6 is 11.3 Å². The van der Waals surface area contributed by atoms with E-state index >= 15 is 0 Å². The van der Waals surface area contributed by atoms with Gasteiger partial charge in [0.25, 0.3) is 5.91 Å². The number of rotatable bonds is 8. The van der Waals surface area contributed by atoms with Crippen LogP contribution < -0.4 is 14.8 Å². The quantitative estimate of drug-likeness (QED) is 0.394. The van der Waals surface area contributed by atoms with Crippen molar-refractivity contribution in [2.75, 3.05) is 5.32 Å². The maximum atomic E-state index is 12.5. The highest BCUT2D eigenvalue weighted by Gasteiger charge is 2.13. The third-order valence-corrected chi connectivity index (χ3v) is 5.18. The Kier molecular flexibility index (Phi) is 6.41. The number of thiazole rings is 1. The first-order chi connectivity index (χ1) is 15.5. The van der Waals surface area contributed by atoms with Crippen molar-refractivity contribution in [3.05, 3.63) is 77.4 Å². The van der Waals surface area contributed by atoms with E-state index in [2.05, 4.69) is 20.1 Å². The number of hydrogen-bond acceptors (Lipinski definition) is 6. The standard InChI is InChI=1S/C22H18F2N4O3S/c1-14-4-2-3-5-19(14)30-13-28-11-10-17(27-28)20(29)26-22-25-18(12-32-22)15-6-8-16(9-7-15)31-21(23)24/h2-12,21H,13H2,1H3,(H,25,26,29). The molecule has 164 valence electrons. The van der Waals surface area contributed by atoms with Gasteiger partial charge in [-0.05, 0) is 48.9 Å². The number of benzene rings is 2. The number of halogens is 2. The number of amides is 1. The monoisotopic (exact) mass is 456 g/mol. The van der Waals surface area contributed by atoms with Crippen molar-refractivity contribution in [1.29, 1.82) is 0 Å². The Bertz CT molecular complexity index is 1210. The minimum absolute atomic E-state index is 0.0643. The normalized spacial score (nSPS) is 10.9. The highest BCUT2D eigenvalue weighted by atomic mass is 32.1. The molecule has 0 aliphatic heterocycles. The Balaban J connectivity index is 1.35. The first-order valence-electron chi connectivity index (χ1n) is 9.52. The summed E-state index contributed by atoms with van der Waals surface area (Å²) < 4.78 is 36.1. The molecule has 2 aromatic carbocycles. The Morgan fingerprint density at radius 2 is 1.94 bits per heavy atom. The highest BCUT2D eigenvalue weighted by Crippen LogP contribution is 2.27. The summed E-state index contributed by atoms with van der Waals surface area (Å²) in [6.07, 6.45) is 1.66. The summed E-state index contributed by atoms with van der Waals surface area (Å²) in [5.41, 5.74) is 2.55. The summed E-state index contributed by atoms with van der Waals surface area (Å²) in [5.74, 6) is 0.411. The lowest BCUT2D eigenvalue weighted by atomic mass is 10.2. The lowest BCUT2D eigenvalue weighted by Crippen LogP contribution is -2.14. The van der Waals surface area contributed by atoms with Gasteiger partial charge in [-0.3, -0.25) is 10.1 Å². The second-order valence-electron chi connectivity index (χ2n) is 6.67. The van der Waals surface area contributed by atoms with Crippen LogP contribution in [0.4, 0.5) is 13.9 Å². The number of alkyl halides is 2. The van der Waals surface area contributed by atoms with E-state index in [9.17, 15) is 13.6 Å². The van der Waals surface area contributed by atoms with Crippen molar-refractivity contribution in [3.63, 3.8) is 0 Å². The zero-order valence-corrected chi connectivity index (χ0v) is 17.7. The second-order valence-corrected chi connectivity index (χ2v) is 7.53. The van der Waals surface area contributed by atoms with Gasteiger partial charge in [0, 0.05) is 17.1 Å². The third kappa shape index (κ3) is 5.27. The number of carbonyl (C=O) groups is 1. The SMILES string of the molecule is Cc1ccccc1OCn1ccc(C(=O)Nc2nc(-c3ccc(OC(F)F)cc3)cs2)n1. The number of para-hydroxylation sites is 1. The Morgan fingerprint density at radius 1 is 1.16 bits per heavy atom. The highest BCUT2D eigenvalue weighted by molar-refractivity contribution is 7.14. The Morgan fingerprint density at radius 3 is 2.69 bits per heavy atom. The predicted octanol–water partition coefficient (Wildman–Crippen LogP) is 5.21. The molecule has 0 atom stereocenters. The number of ether oxygens (including phenoxy) is 2. The van der Waals surface area contributed by atoms with E-state index in [-0.39, 0.29) is 18.2 Å². The van der Waals surface area contributed by atoms with E-state index < -0.39 is 12.5 Å². The molecule has 0 saturated carbocycles. The van der Waals surface area contributed by atoms with Gasteiger partial charge < -0.3 is 9.47 Å². The second kappa shape index (κ2) is 9.56. The first-order valence-corrected chi connectivity index (χ1v) is 10.4. The fraction of sp³-hybridized carbons (Fsp3) is 0.136. The van der Waals surface area contributed by atoms with Crippen LogP contribution in [-0.4, -0.2) is 27.3 Å². The number of aryl methyl sites for hydroxylation is 1. The van der Waals surface area contributed by atoms with E-state index in [0.717, 1.165) is 11.3 Å². The molecule has 2 aromatic heterocycles. The number of carbonyl (C=O) groups excluding carboxylic acids is 1. The van der Waals surface area contributed by atoms with E-state index in [4.69, 9.17) is 4.74 Å². The number of anilines is 1. The topological polar surface area (TPSA) is 78.3 Å². The van der Waals surface area contributed by atoms with Gasteiger partial charge in [-0.15, -0.1) is 11.3 Å². The minimum Gasteiger partial charge on any atom is -0.471 e.